The first kappa shape index (κ1) is 4.77. The largest absolute Gasteiger partial charge is 0.472 e. The Labute approximate surface area is 154 Å². The second-order valence-corrected chi connectivity index (χ2v) is 4.12. The molecule has 8 heteroatoms. The molecule has 0 aliphatic carbocycles. The van der Waals surface area contributed by atoms with Gasteiger partial charge in [-0.2, -0.15) is 4.37 Å². The minimum Gasteiger partial charge on any atom is -0.472 e. The summed E-state index contributed by atoms with van der Waals surface area (Å²) in [6.07, 6.45) is -4.34. The van der Waals surface area contributed by atoms with E-state index in [4.69, 9.17) is 34.1 Å². The Morgan fingerprint density at radius 2 is 2.38 bits per heavy atom. The maximum absolute atomic E-state index is 10.7. The van der Waals surface area contributed by atoms with Gasteiger partial charge in [-0.15, -0.1) is 4.37 Å². The lowest BCUT2D eigenvalue weighted by atomic mass is 10.1. The van der Waals surface area contributed by atoms with Crippen molar-refractivity contribution in [3.8, 4) is 5.88 Å². The van der Waals surface area contributed by atoms with E-state index in [-0.39, 0.29) is 11.7 Å². The maximum atomic E-state index is 10.7. The van der Waals surface area contributed by atoms with Gasteiger partial charge in [0, 0.05) is 40.1 Å². The van der Waals surface area contributed by atoms with Gasteiger partial charge in [-0.3, -0.25) is 0 Å². The number of aromatic nitrogens is 2. The molecule has 0 radical (unpaired) electrons. The fourth-order valence-corrected chi connectivity index (χ4v) is 1.60. The van der Waals surface area contributed by atoms with Gasteiger partial charge in [0.2, 0.25) is 5.82 Å². The van der Waals surface area contributed by atoms with Crippen LogP contribution in [0, 0.1) is 0 Å². The Bertz CT molecular complexity index is 983. The van der Waals surface area contributed by atoms with E-state index < -0.39 is 83.1 Å². The molecule has 1 fully saturated rings. The lowest BCUT2D eigenvalue weighted by Crippen LogP contribution is -2.42. The van der Waals surface area contributed by atoms with Crippen LogP contribution in [-0.2, 0) is 4.74 Å². The number of anilines is 1. The summed E-state index contributed by atoms with van der Waals surface area (Å²) in [6, 6.07) is 0. The van der Waals surface area contributed by atoms with Gasteiger partial charge in [0.15, 0.2) is 0 Å². The van der Waals surface area contributed by atoms with Gasteiger partial charge in [0.1, 0.15) is 12.6 Å². The van der Waals surface area contributed by atoms with E-state index in [0.717, 1.165) is 5.32 Å². The Hall–Kier alpha value is -0.960. The summed E-state index contributed by atoms with van der Waals surface area (Å²) < 4.78 is 158. The summed E-state index contributed by atoms with van der Waals surface area (Å²) in [7, 11) is 0. The monoisotopic (exact) mass is 334 g/mol. The molecule has 2 heterocycles. The van der Waals surface area contributed by atoms with Crippen LogP contribution in [0.5, 0.6) is 5.88 Å². The Kier molecular flexibility index (Phi) is 1.67. The summed E-state index contributed by atoms with van der Waals surface area (Å²) in [5, 5.41) is 11.9. The van der Waals surface area contributed by atoms with Gasteiger partial charge in [-0.25, -0.2) is 0 Å². The van der Waals surface area contributed by atoms with Crippen molar-refractivity contribution in [2.45, 2.75) is 32.2 Å². The molecule has 2 N–H and O–H groups in total. The molecule has 0 aromatic carbocycles. The summed E-state index contributed by atoms with van der Waals surface area (Å²) in [5.74, 6) is -1.80. The van der Waals surface area contributed by atoms with E-state index in [9.17, 15) is 5.11 Å². The van der Waals surface area contributed by atoms with E-state index in [2.05, 4.69) is 8.75 Å². The fourth-order valence-electron chi connectivity index (χ4n) is 1.13. The fraction of sp³-hybridized carbons (Fsp3) is 0.846. The molecule has 2 rings (SSSR count). The van der Waals surface area contributed by atoms with E-state index in [1.807, 2.05) is 0 Å². The molecule has 1 aromatic rings. The molecular weight excluding hydrogens is 292 g/mol. The number of morpholine rings is 1. The second kappa shape index (κ2) is 7.35. The normalized spacial score (nSPS) is 40.0. The zero-order valence-electron chi connectivity index (χ0n) is 28.4. The summed E-state index contributed by atoms with van der Waals surface area (Å²) in [4.78, 5) is 0.386. The van der Waals surface area contributed by atoms with E-state index in [1.54, 1.807) is 0 Å². The minimum atomic E-state index is -4.34. The maximum Gasteiger partial charge on any atom is 0.270 e. The molecule has 1 aromatic heterocycles. The van der Waals surface area contributed by atoms with Crippen LogP contribution in [0.15, 0.2) is 0 Å². The number of β-amino-alcohol motifs (C(OH)–C–C–N with tert-alkyl or cyclic N) is 1. The van der Waals surface area contributed by atoms with Crippen molar-refractivity contribution in [2.24, 2.45) is 0 Å². The van der Waals surface area contributed by atoms with Gasteiger partial charge in [0.05, 0.1) is 34.5 Å². The SMILES string of the molecule is [2H]C1([2H])COCC([2H])([2H])N1c1nsnc1OC([2H])([2H])[C@]([2H])(O)C([2H])([2H])NC(C([2H])([2H])[2H])(C([2H])([2H])[2H])C([2H])([2H])[2H]. The number of nitrogens with zero attached hydrogens (tertiary/aromatic N) is 3. The van der Waals surface area contributed by atoms with Crippen LogP contribution in [0.1, 0.15) is 45.2 Å². The average Bonchev–Trinajstić information content (AvgIpc) is 3.07. The van der Waals surface area contributed by atoms with Gasteiger partial charge in [0.25, 0.3) is 5.88 Å². The highest BCUT2D eigenvalue weighted by molar-refractivity contribution is 6.99. The van der Waals surface area contributed by atoms with Crippen molar-refractivity contribution < 1.29 is 39.3 Å². The van der Waals surface area contributed by atoms with Crippen molar-refractivity contribution in [2.75, 3.05) is 44.2 Å². The van der Waals surface area contributed by atoms with Crippen molar-refractivity contribution in [3.63, 3.8) is 0 Å². The number of aliphatic hydroxyl groups is 1. The number of rotatable bonds is 6. The highest BCUT2D eigenvalue weighted by Crippen LogP contribution is 2.26. The molecule has 120 valence electrons. The standard InChI is InChI=1S/C13H24N4O3S/c1-13(2,3)14-8-10(18)9-20-12-11(15-21-16-12)17-4-6-19-7-5-17/h10,14,18H,4-9H2,1-3H3/t10-/m1/s1/i1D3,2D3,3D3,4D2,5D2,8D2,9D2,10D. The highest BCUT2D eigenvalue weighted by atomic mass is 32.1. The van der Waals surface area contributed by atoms with Crippen LogP contribution >= 0.6 is 11.7 Å². The minimum absolute atomic E-state index is 0.257. The summed E-state index contributed by atoms with van der Waals surface area (Å²) >= 11 is 0.257. The number of hydrogen-bond acceptors (Lipinski definition) is 8. The Morgan fingerprint density at radius 3 is 3.10 bits per heavy atom. The van der Waals surface area contributed by atoms with Crippen molar-refractivity contribution >= 4 is 17.5 Å². The third-order valence-electron chi connectivity index (χ3n) is 1.92. The van der Waals surface area contributed by atoms with Crippen LogP contribution < -0.4 is 15.0 Å². The van der Waals surface area contributed by atoms with Gasteiger partial charge >= 0.3 is 0 Å². The number of nitrogens with one attached hydrogen (secondary N) is 1. The zero-order chi connectivity index (χ0) is 30.9. The molecule has 0 bridgehead atoms. The number of ether oxygens (including phenoxy) is 2. The van der Waals surface area contributed by atoms with Crippen LogP contribution in [-0.4, -0.2) is 64.7 Å². The topological polar surface area (TPSA) is 79.7 Å². The molecule has 21 heavy (non-hydrogen) atoms. The lowest BCUT2D eigenvalue weighted by molar-refractivity contribution is 0.0975. The van der Waals surface area contributed by atoms with Crippen LogP contribution in [0.3, 0.4) is 0 Å². The quantitative estimate of drug-likeness (QED) is 0.784. The van der Waals surface area contributed by atoms with Gasteiger partial charge in [-0.1, -0.05) is 0 Å². The van der Waals surface area contributed by atoms with Crippen molar-refractivity contribution in [1.29, 1.82) is 0 Å². The highest BCUT2D eigenvalue weighted by Gasteiger charge is 2.21. The molecule has 7 nitrogen and oxygen atoms in total. The van der Waals surface area contributed by atoms with Crippen molar-refractivity contribution in [1.82, 2.24) is 14.1 Å². The molecule has 0 saturated carbocycles. The van der Waals surface area contributed by atoms with E-state index >= 15 is 0 Å². The first-order valence-electron chi connectivity index (χ1n) is 14.4. The molecule has 0 amide bonds. The molecule has 1 aliphatic heterocycles. The average molecular weight is 335 g/mol. The predicted molar refractivity (Wildman–Crippen MR) is 82.2 cm³/mol. The first-order valence-corrected chi connectivity index (χ1v) is 6.13. The van der Waals surface area contributed by atoms with Crippen LogP contribution in [0.2, 0.25) is 0 Å². The molecule has 0 spiro atoms. The summed E-state index contributed by atoms with van der Waals surface area (Å²) in [6.45, 7) is -26.9. The molecule has 0 unspecified atom stereocenters. The first-order chi connectivity index (χ1) is 17.0. The van der Waals surface area contributed by atoms with Gasteiger partial charge < -0.3 is 24.8 Å². The molecule has 1 saturated heterocycles. The summed E-state index contributed by atoms with van der Waals surface area (Å²) in [5.41, 5.74) is -4.12. The van der Waals surface area contributed by atoms with Crippen molar-refractivity contribution in [3.05, 3.63) is 0 Å². The molecular formula is C13H24N4O3S. The smallest absolute Gasteiger partial charge is 0.270 e. The molecule has 1 aliphatic rings. The second-order valence-electron chi connectivity index (χ2n) is 3.59. The van der Waals surface area contributed by atoms with E-state index in [0.29, 0.717) is 4.90 Å². The predicted octanol–water partition coefficient (Wildman–Crippen LogP) is 0.503. The lowest BCUT2D eigenvalue weighted by Gasteiger charge is -2.27. The third-order valence-corrected chi connectivity index (χ3v) is 2.42. The van der Waals surface area contributed by atoms with E-state index in [1.165, 1.54) is 0 Å². The zero-order valence-corrected chi connectivity index (χ0v) is 11.2. The Balaban J connectivity index is 2.58. The molecule has 1 atom stereocenters. The third kappa shape index (κ3) is 5.39. The van der Waals surface area contributed by atoms with Crippen LogP contribution in [0.4, 0.5) is 5.82 Å². The van der Waals surface area contributed by atoms with Crippen LogP contribution in [0.25, 0.3) is 0 Å². The Morgan fingerprint density at radius 1 is 1.62 bits per heavy atom. The van der Waals surface area contributed by atoms with Gasteiger partial charge in [-0.05, 0) is 20.6 Å². The number of hydrogen-bond donors (Lipinski definition) is 2.